The van der Waals surface area contributed by atoms with Crippen LogP contribution in [0.25, 0.3) is 0 Å². The van der Waals surface area contributed by atoms with Gasteiger partial charge in [-0.3, -0.25) is 13.9 Å². The summed E-state index contributed by atoms with van der Waals surface area (Å²) in [4.78, 5) is 28.0. The van der Waals surface area contributed by atoms with E-state index in [-0.39, 0.29) is 17.9 Å². The first-order valence-electron chi connectivity index (χ1n) is 14.4. The van der Waals surface area contributed by atoms with Gasteiger partial charge >= 0.3 is 0 Å². The monoisotopic (exact) mass is 585 g/mol. The summed E-state index contributed by atoms with van der Waals surface area (Å²) < 4.78 is 27.1. The maximum Gasteiger partial charge on any atom is 0.244 e. The summed E-state index contributed by atoms with van der Waals surface area (Å²) in [6, 6.07) is 14.2. The van der Waals surface area contributed by atoms with E-state index in [4.69, 9.17) is 11.6 Å². The third kappa shape index (κ3) is 5.75. The predicted octanol–water partition coefficient (Wildman–Crippen LogP) is 5.13. The van der Waals surface area contributed by atoms with Crippen molar-refractivity contribution in [3.8, 4) is 0 Å². The van der Waals surface area contributed by atoms with Crippen molar-refractivity contribution in [1.82, 2.24) is 10.2 Å². The van der Waals surface area contributed by atoms with E-state index in [1.165, 1.54) is 56.0 Å². The van der Waals surface area contributed by atoms with E-state index >= 15 is 0 Å². The Morgan fingerprint density at radius 2 is 1.57 bits per heavy atom. The van der Waals surface area contributed by atoms with Gasteiger partial charge in [0.15, 0.2) is 0 Å². The number of carbonyl (C=O) groups excluding carboxylic acids is 2. The molecule has 0 aromatic heterocycles. The van der Waals surface area contributed by atoms with E-state index < -0.39 is 28.5 Å². The van der Waals surface area contributed by atoms with E-state index in [1.54, 1.807) is 18.2 Å². The highest BCUT2D eigenvalue weighted by atomic mass is 35.5. The zero-order valence-electron chi connectivity index (χ0n) is 23.6. The molecule has 40 heavy (non-hydrogen) atoms. The van der Waals surface area contributed by atoms with E-state index in [1.807, 2.05) is 25.1 Å². The molecule has 4 aliphatic carbocycles. The van der Waals surface area contributed by atoms with Gasteiger partial charge in [-0.05, 0) is 97.4 Å². The van der Waals surface area contributed by atoms with E-state index in [2.05, 4.69) is 17.4 Å². The highest BCUT2D eigenvalue weighted by molar-refractivity contribution is 7.92. The highest BCUT2D eigenvalue weighted by Gasteiger charge is 2.51. The Hall–Kier alpha value is -2.58. The lowest BCUT2D eigenvalue weighted by Gasteiger charge is -2.57. The van der Waals surface area contributed by atoms with Crippen molar-refractivity contribution >= 4 is 39.1 Å². The maximum atomic E-state index is 13.8. The first-order chi connectivity index (χ1) is 19.0. The molecule has 0 spiro atoms. The maximum absolute atomic E-state index is 13.8. The highest BCUT2D eigenvalue weighted by Crippen LogP contribution is 2.60. The zero-order chi connectivity index (χ0) is 28.7. The van der Waals surface area contributed by atoms with Crippen molar-refractivity contribution < 1.29 is 18.0 Å². The van der Waals surface area contributed by atoms with Crippen molar-refractivity contribution in [2.24, 2.45) is 17.8 Å². The predicted molar refractivity (Wildman–Crippen MR) is 159 cm³/mol. The van der Waals surface area contributed by atoms with Gasteiger partial charge in [0.2, 0.25) is 21.8 Å². The van der Waals surface area contributed by atoms with Gasteiger partial charge in [0.25, 0.3) is 0 Å². The summed E-state index contributed by atoms with van der Waals surface area (Å²) in [5.41, 5.74) is 2.63. The molecular weight excluding hydrogens is 546 g/mol. The van der Waals surface area contributed by atoms with E-state index in [9.17, 15) is 18.0 Å². The molecule has 6 rings (SSSR count). The van der Waals surface area contributed by atoms with Gasteiger partial charge in [-0.15, -0.1) is 0 Å². The van der Waals surface area contributed by atoms with Crippen LogP contribution in [0.2, 0.25) is 5.02 Å². The minimum absolute atomic E-state index is 0.0903. The lowest BCUT2D eigenvalue weighted by molar-refractivity contribution is -0.140. The summed E-state index contributed by atoms with van der Waals surface area (Å²) in [7, 11) is -2.26. The molecule has 0 aliphatic heterocycles. The summed E-state index contributed by atoms with van der Waals surface area (Å²) in [5.74, 6) is 1.66. The third-order valence-electron chi connectivity index (χ3n) is 9.42. The lowest BCUT2D eigenvalue weighted by Crippen LogP contribution is -2.51. The molecule has 2 aromatic rings. The molecule has 2 aromatic carbocycles. The van der Waals surface area contributed by atoms with Gasteiger partial charge in [0.1, 0.15) is 12.6 Å². The molecule has 4 aliphatic rings. The molecule has 0 heterocycles. The molecule has 9 heteroatoms. The smallest absolute Gasteiger partial charge is 0.244 e. The summed E-state index contributed by atoms with van der Waals surface area (Å²) in [5, 5.41) is 3.11. The second-order valence-corrected chi connectivity index (χ2v) is 14.5. The topological polar surface area (TPSA) is 86.8 Å². The molecule has 1 atom stereocenters. The van der Waals surface area contributed by atoms with Crippen LogP contribution in [-0.4, -0.2) is 51.0 Å². The number of nitrogens with one attached hydrogen (secondary N) is 1. The molecule has 1 unspecified atom stereocenters. The lowest BCUT2D eigenvalue weighted by atomic mass is 9.48. The van der Waals surface area contributed by atoms with Gasteiger partial charge in [0.05, 0.1) is 11.9 Å². The van der Waals surface area contributed by atoms with Gasteiger partial charge in [-0.25, -0.2) is 8.42 Å². The Labute approximate surface area is 243 Å². The fourth-order valence-electron chi connectivity index (χ4n) is 7.96. The van der Waals surface area contributed by atoms with Crippen LogP contribution in [0.1, 0.15) is 63.0 Å². The van der Waals surface area contributed by atoms with Crippen LogP contribution in [0.4, 0.5) is 5.69 Å². The number of hydrogen-bond acceptors (Lipinski definition) is 4. The molecule has 216 valence electrons. The van der Waals surface area contributed by atoms with Gasteiger partial charge in [-0.1, -0.05) is 48.9 Å². The van der Waals surface area contributed by atoms with Crippen LogP contribution >= 0.6 is 11.6 Å². The number of benzene rings is 2. The average Bonchev–Trinajstić information content (AvgIpc) is 2.91. The molecule has 4 bridgehead atoms. The number of anilines is 1. The minimum Gasteiger partial charge on any atom is -0.357 e. The van der Waals surface area contributed by atoms with E-state index in [0.717, 1.165) is 28.3 Å². The Morgan fingerprint density at radius 3 is 2.08 bits per heavy atom. The minimum atomic E-state index is -3.78. The fourth-order valence-corrected chi connectivity index (χ4v) is 9.00. The molecule has 4 saturated carbocycles. The number of likely N-dealkylation sites (N-methyl/N-ethyl adjacent to an activating group) is 1. The van der Waals surface area contributed by atoms with Crippen LogP contribution in [0, 0.1) is 17.8 Å². The zero-order valence-corrected chi connectivity index (χ0v) is 25.2. The SMILES string of the molecule is CCC(C(=O)NC)N(Cc1ccccc1Cl)C(=O)CN(c1ccc(C23CC4CC(CC(C4)C2)C3)cc1)S(C)(=O)=O. The Bertz CT molecular complexity index is 1330. The van der Waals surface area contributed by atoms with Crippen LogP contribution in [-0.2, 0) is 31.6 Å². The quantitative estimate of drug-likeness (QED) is 0.419. The number of sulfonamides is 1. The molecule has 1 N–H and O–H groups in total. The van der Waals surface area contributed by atoms with Crippen molar-refractivity contribution in [2.75, 3.05) is 24.2 Å². The van der Waals surface area contributed by atoms with Crippen molar-refractivity contribution in [2.45, 2.75) is 69.9 Å². The number of rotatable bonds is 10. The molecule has 2 amide bonds. The number of carbonyl (C=O) groups is 2. The van der Waals surface area contributed by atoms with Crippen LogP contribution in [0.5, 0.6) is 0 Å². The largest absolute Gasteiger partial charge is 0.357 e. The number of amides is 2. The first kappa shape index (κ1) is 28.9. The summed E-state index contributed by atoms with van der Waals surface area (Å²) in [6.45, 7) is 1.50. The van der Waals surface area contributed by atoms with Crippen LogP contribution < -0.4 is 9.62 Å². The van der Waals surface area contributed by atoms with Gasteiger partial charge < -0.3 is 10.2 Å². The van der Waals surface area contributed by atoms with Gasteiger partial charge in [-0.2, -0.15) is 0 Å². The third-order valence-corrected chi connectivity index (χ3v) is 10.9. The number of hydrogen-bond donors (Lipinski definition) is 1. The average molecular weight is 586 g/mol. The van der Waals surface area contributed by atoms with E-state index in [0.29, 0.717) is 22.7 Å². The molecule has 7 nitrogen and oxygen atoms in total. The molecule has 4 fully saturated rings. The number of nitrogens with zero attached hydrogens (tertiary/aromatic N) is 2. The number of halogens is 1. The second kappa shape index (κ2) is 11.4. The summed E-state index contributed by atoms with van der Waals surface area (Å²) >= 11 is 6.39. The first-order valence-corrected chi connectivity index (χ1v) is 16.6. The Kier molecular flexibility index (Phi) is 8.22. The molecule has 0 saturated heterocycles. The standard InChI is InChI=1S/C31H40ClN3O4S/c1-4-28(30(37)33-2)34(19-24-7-5-6-8-27(24)32)29(36)20-35(40(3,38)39)26-11-9-25(10-12-26)31-16-21-13-22(17-31)15-23(14-21)18-31/h5-12,21-23,28H,4,13-20H2,1-3H3,(H,33,37). The van der Waals surface area contributed by atoms with Gasteiger partial charge in [0, 0.05) is 18.6 Å². The summed E-state index contributed by atoms with van der Waals surface area (Å²) in [6.07, 6.45) is 9.24. The van der Waals surface area contributed by atoms with Crippen molar-refractivity contribution in [3.63, 3.8) is 0 Å². The van der Waals surface area contributed by atoms with Crippen molar-refractivity contribution in [3.05, 3.63) is 64.7 Å². The fraction of sp³-hybridized carbons (Fsp3) is 0.548. The van der Waals surface area contributed by atoms with Crippen molar-refractivity contribution in [1.29, 1.82) is 0 Å². The molecule has 0 radical (unpaired) electrons. The second-order valence-electron chi connectivity index (χ2n) is 12.2. The normalized spacial score (nSPS) is 25.9. The Balaban J connectivity index is 1.41. The molecular formula is C31H40ClN3O4S. The Morgan fingerprint density at radius 1 is 1.00 bits per heavy atom. The van der Waals surface area contributed by atoms with Crippen LogP contribution in [0.3, 0.4) is 0 Å². The van der Waals surface area contributed by atoms with Crippen LogP contribution in [0.15, 0.2) is 48.5 Å².